The van der Waals surface area contributed by atoms with E-state index in [9.17, 15) is 27.6 Å². The van der Waals surface area contributed by atoms with Crippen LogP contribution in [0.4, 0.5) is 13.2 Å². The quantitative estimate of drug-likeness (QED) is 0.428. The number of ether oxygens (including phenoxy) is 1. The van der Waals surface area contributed by atoms with E-state index in [1.807, 2.05) is 24.3 Å². The number of hydrogen-bond acceptors (Lipinski definition) is 6. The molecule has 40 heavy (non-hydrogen) atoms. The van der Waals surface area contributed by atoms with Crippen molar-refractivity contribution in [3.63, 3.8) is 0 Å². The van der Waals surface area contributed by atoms with Crippen molar-refractivity contribution in [2.75, 3.05) is 6.54 Å². The first-order valence-corrected chi connectivity index (χ1v) is 13.2. The van der Waals surface area contributed by atoms with Gasteiger partial charge in [0.1, 0.15) is 24.0 Å². The maximum atomic E-state index is 13.0. The Hall–Kier alpha value is -3.99. The van der Waals surface area contributed by atoms with E-state index >= 15 is 0 Å². The SMILES string of the molecule is O=C1CCC(N2Cc3c(OCc4ccc(CN5CCn6cc(C(F)(F)F)nc6C5)cc4)cccc3C2=O)C(=O)C1. The first-order chi connectivity index (χ1) is 19.2. The Morgan fingerprint density at radius 2 is 1.75 bits per heavy atom. The zero-order chi connectivity index (χ0) is 28.0. The number of carbonyl (C=O) groups excluding carboxylic acids is 3. The number of ketones is 2. The fourth-order valence-electron chi connectivity index (χ4n) is 5.64. The van der Waals surface area contributed by atoms with E-state index in [0.717, 1.165) is 22.9 Å². The van der Waals surface area contributed by atoms with Crippen molar-refractivity contribution >= 4 is 17.5 Å². The highest BCUT2D eigenvalue weighted by Gasteiger charge is 2.40. The molecule has 1 fully saturated rings. The molecule has 0 radical (unpaired) electrons. The topological polar surface area (TPSA) is 84.7 Å². The Morgan fingerprint density at radius 3 is 2.50 bits per heavy atom. The molecule has 1 amide bonds. The van der Waals surface area contributed by atoms with Crippen molar-refractivity contribution in [3.05, 3.63) is 82.4 Å². The van der Waals surface area contributed by atoms with Gasteiger partial charge in [-0.05, 0) is 29.7 Å². The summed E-state index contributed by atoms with van der Waals surface area (Å²) in [5.74, 6) is 0.493. The van der Waals surface area contributed by atoms with Crippen LogP contribution in [0.2, 0.25) is 0 Å². The molecule has 0 spiro atoms. The zero-order valence-corrected chi connectivity index (χ0v) is 21.6. The fraction of sp³-hybridized carbons (Fsp3) is 0.379. The summed E-state index contributed by atoms with van der Waals surface area (Å²) in [4.78, 5) is 44.5. The van der Waals surface area contributed by atoms with Gasteiger partial charge in [0.2, 0.25) is 0 Å². The van der Waals surface area contributed by atoms with Crippen molar-refractivity contribution in [3.8, 4) is 5.75 Å². The molecule has 0 N–H and O–H groups in total. The Kier molecular flexibility index (Phi) is 6.69. The van der Waals surface area contributed by atoms with Crippen LogP contribution < -0.4 is 4.74 Å². The average Bonchev–Trinajstić information content (AvgIpc) is 3.50. The number of alkyl halides is 3. The molecule has 1 atom stereocenters. The van der Waals surface area contributed by atoms with Gasteiger partial charge in [-0.2, -0.15) is 13.2 Å². The third-order valence-electron chi connectivity index (χ3n) is 7.76. The zero-order valence-electron chi connectivity index (χ0n) is 21.6. The molecule has 208 valence electrons. The molecule has 0 saturated heterocycles. The molecule has 8 nitrogen and oxygen atoms in total. The number of rotatable bonds is 6. The molecule has 1 unspecified atom stereocenters. The van der Waals surface area contributed by atoms with Crippen LogP contribution in [0.1, 0.15) is 57.8 Å². The molecule has 1 aliphatic carbocycles. The van der Waals surface area contributed by atoms with Gasteiger partial charge in [0.05, 0.1) is 25.6 Å². The lowest BCUT2D eigenvalue weighted by molar-refractivity contribution is -0.141. The highest BCUT2D eigenvalue weighted by atomic mass is 19.4. The van der Waals surface area contributed by atoms with Gasteiger partial charge in [-0.1, -0.05) is 30.3 Å². The van der Waals surface area contributed by atoms with Crippen LogP contribution >= 0.6 is 0 Å². The van der Waals surface area contributed by atoms with Gasteiger partial charge in [0.25, 0.3) is 5.91 Å². The molecular formula is C29H27F3N4O4. The van der Waals surface area contributed by atoms with E-state index < -0.39 is 17.9 Å². The minimum absolute atomic E-state index is 0.0805. The molecule has 3 aliphatic rings. The number of benzene rings is 2. The fourth-order valence-corrected chi connectivity index (χ4v) is 5.64. The Bertz CT molecular complexity index is 1480. The van der Waals surface area contributed by atoms with Gasteiger partial charge in [-0.3, -0.25) is 19.3 Å². The summed E-state index contributed by atoms with van der Waals surface area (Å²) in [7, 11) is 0. The summed E-state index contributed by atoms with van der Waals surface area (Å²) in [5, 5.41) is 0. The molecule has 1 aromatic heterocycles. The first-order valence-electron chi connectivity index (χ1n) is 13.2. The third kappa shape index (κ3) is 5.13. The van der Waals surface area contributed by atoms with Gasteiger partial charge in [-0.25, -0.2) is 4.98 Å². The maximum absolute atomic E-state index is 13.0. The van der Waals surface area contributed by atoms with Gasteiger partial charge in [0, 0.05) is 43.4 Å². The summed E-state index contributed by atoms with van der Waals surface area (Å²) in [6, 6.07) is 12.5. The number of halogens is 3. The smallest absolute Gasteiger partial charge is 0.434 e. The van der Waals surface area contributed by atoms with Crippen molar-refractivity contribution in [1.29, 1.82) is 0 Å². The second-order valence-electron chi connectivity index (χ2n) is 10.5. The van der Waals surface area contributed by atoms with Gasteiger partial charge < -0.3 is 14.2 Å². The number of hydrogen-bond donors (Lipinski definition) is 0. The number of carbonyl (C=O) groups is 3. The average molecular weight is 553 g/mol. The van der Waals surface area contributed by atoms with E-state index in [2.05, 4.69) is 9.88 Å². The van der Waals surface area contributed by atoms with Crippen LogP contribution in [0.3, 0.4) is 0 Å². The van der Waals surface area contributed by atoms with E-state index in [1.165, 1.54) is 0 Å². The predicted octanol–water partition coefficient (Wildman–Crippen LogP) is 4.14. The predicted molar refractivity (Wildman–Crippen MR) is 136 cm³/mol. The number of Topliss-reactive ketones (excluding diaryl/α,β-unsaturated/α-hetero) is 2. The molecule has 6 rings (SSSR count). The normalized spacial score (nSPS) is 19.6. The highest BCUT2D eigenvalue weighted by Crippen LogP contribution is 2.35. The lowest BCUT2D eigenvalue weighted by Gasteiger charge is -2.29. The van der Waals surface area contributed by atoms with Crippen LogP contribution in [0.25, 0.3) is 0 Å². The summed E-state index contributed by atoms with van der Waals surface area (Å²) in [6.45, 7) is 2.57. The standard InChI is InChI=1S/C29H27F3N4O4/c30-29(31,32)26-15-35-11-10-34(16-27(35)33-26)13-18-4-6-19(7-5-18)17-40-25-3-1-2-21-22(25)14-36(28(21)39)23-9-8-20(37)12-24(23)38/h1-7,15,23H,8-14,16-17H2. The number of imidazole rings is 1. The molecule has 3 heterocycles. The molecule has 0 bridgehead atoms. The van der Waals surface area contributed by atoms with Crippen LogP contribution in [0, 0.1) is 0 Å². The van der Waals surface area contributed by atoms with Crippen molar-refractivity contribution < 1.29 is 32.3 Å². The Balaban J connectivity index is 1.07. The molecule has 3 aromatic rings. The Labute approximate surface area is 228 Å². The molecule has 11 heteroatoms. The minimum Gasteiger partial charge on any atom is -0.489 e. The number of amides is 1. The second-order valence-corrected chi connectivity index (χ2v) is 10.5. The molecular weight excluding hydrogens is 525 g/mol. The van der Waals surface area contributed by atoms with Gasteiger partial charge in [-0.15, -0.1) is 0 Å². The first kappa shape index (κ1) is 26.2. The summed E-state index contributed by atoms with van der Waals surface area (Å²) >= 11 is 0. The minimum atomic E-state index is -4.45. The number of fused-ring (bicyclic) bond motifs is 2. The summed E-state index contributed by atoms with van der Waals surface area (Å²) < 4.78 is 46.6. The van der Waals surface area contributed by atoms with Crippen molar-refractivity contribution in [1.82, 2.24) is 19.4 Å². The maximum Gasteiger partial charge on any atom is 0.434 e. The third-order valence-corrected chi connectivity index (χ3v) is 7.76. The number of aromatic nitrogens is 2. The van der Waals surface area contributed by atoms with Crippen LogP contribution in [0.15, 0.2) is 48.7 Å². The van der Waals surface area contributed by atoms with Gasteiger partial charge in [0.15, 0.2) is 11.5 Å². The lowest BCUT2D eigenvalue weighted by atomic mass is 9.92. The van der Waals surface area contributed by atoms with Crippen LogP contribution in [0.5, 0.6) is 5.75 Å². The van der Waals surface area contributed by atoms with E-state index in [1.54, 1.807) is 27.7 Å². The highest BCUT2D eigenvalue weighted by molar-refractivity contribution is 6.07. The Morgan fingerprint density at radius 1 is 0.975 bits per heavy atom. The second kappa shape index (κ2) is 10.2. The van der Waals surface area contributed by atoms with Crippen molar-refractivity contribution in [2.24, 2.45) is 0 Å². The number of nitrogens with zero attached hydrogens (tertiary/aromatic N) is 4. The molecule has 2 aliphatic heterocycles. The van der Waals surface area contributed by atoms with E-state index in [4.69, 9.17) is 4.74 Å². The largest absolute Gasteiger partial charge is 0.489 e. The van der Waals surface area contributed by atoms with Gasteiger partial charge >= 0.3 is 6.18 Å². The molecule has 1 saturated carbocycles. The van der Waals surface area contributed by atoms with E-state index in [-0.39, 0.29) is 37.0 Å². The monoisotopic (exact) mass is 552 g/mol. The summed E-state index contributed by atoms with van der Waals surface area (Å²) in [5.41, 5.74) is 2.35. The lowest BCUT2D eigenvalue weighted by Crippen LogP contribution is -2.44. The van der Waals surface area contributed by atoms with Crippen LogP contribution in [-0.4, -0.2) is 49.4 Å². The van der Waals surface area contributed by atoms with Crippen molar-refractivity contribution in [2.45, 2.75) is 64.3 Å². The summed E-state index contributed by atoms with van der Waals surface area (Å²) in [6.07, 6.45) is -2.83. The molecule has 2 aromatic carbocycles. The van der Waals surface area contributed by atoms with E-state index in [0.29, 0.717) is 56.2 Å². The van der Waals surface area contributed by atoms with Crippen LogP contribution in [-0.2, 0) is 48.6 Å².